The van der Waals surface area contributed by atoms with Gasteiger partial charge in [0.05, 0.1) is 11.6 Å². The zero-order valence-electron chi connectivity index (χ0n) is 18.5. The summed E-state index contributed by atoms with van der Waals surface area (Å²) in [4.78, 5) is 40.1. The number of fused-ring (bicyclic) bond motifs is 3. The van der Waals surface area contributed by atoms with Gasteiger partial charge < -0.3 is 10.2 Å². The number of carbonyl (C=O) groups excluding carboxylic acids is 3. The second-order valence-electron chi connectivity index (χ2n) is 7.92. The number of rotatable bonds is 6. The number of benzene rings is 2. The topological polar surface area (TPSA) is 81.8 Å². The zero-order chi connectivity index (χ0) is 22.5. The molecule has 1 aliphatic heterocycles. The Hall–Kier alpha value is -3.35. The van der Waals surface area contributed by atoms with E-state index in [1.54, 1.807) is 18.9 Å². The van der Waals surface area contributed by atoms with Crippen LogP contribution in [0.25, 0.3) is 11.1 Å². The fourth-order valence-electron chi connectivity index (χ4n) is 3.64. The van der Waals surface area contributed by atoms with Crippen LogP contribution < -0.4 is 15.8 Å². The normalized spacial score (nSPS) is 15.9. The Balaban J connectivity index is 1.82. The summed E-state index contributed by atoms with van der Waals surface area (Å²) in [6.07, 6.45) is 1.87. The van der Waals surface area contributed by atoms with Gasteiger partial charge in [-0.15, -0.1) is 0 Å². The quantitative estimate of drug-likeness (QED) is 0.745. The van der Waals surface area contributed by atoms with E-state index >= 15 is 0 Å². The highest BCUT2D eigenvalue weighted by Gasteiger charge is 2.33. The first-order chi connectivity index (χ1) is 14.8. The number of anilines is 1. The van der Waals surface area contributed by atoms with Gasteiger partial charge in [0.2, 0.25) is 0 Å². The van der Waals surface area contributed by atoms with Gasteiger partial charge in [-0.05, 0) is 37.5 Å². The molecule has 2 N–H and O–H groups in total. The van der Waals surface area contributed by atoms with Gasteiger partial charge in [0, 0.05) is 19.2 Å². The van der Waals surface area contributed by atoms with Crippen molar-refractivity contribution >= 4 is 23.5 Å². The Bertz CT molecular complexity index is 975. The van der Waals surface area contributed by atoms with Crippen LogP contribution in [0.4, 0.5) is 10.5 Å². The molecule has 4 amide bonds. The van der Waals surface area contributed by atoms with Crippen molar-refractivity contribution in [2.75, 3.05) is 18.6 Å². The second-order valence-corrected chi connectivity index (χ2v) is 7.92. The van der Waals surface area contributed by atoms with Crippen LogP contribution in [0, 0.1) is 0 Å². The van der Waals surface area contributed by atoms with E-state index in [1.807, 2.05) is 55.5 Å². The van der Waals surface area contributed by atoms with Gasteiger partial charge in [0.1, 0.15) is 6.04 Å². The van der Waals surface area contributed by atoms with E-state index in [-0.39, 0.29) is 11.9 Å². The van der Waals surface area contributed by atoms with Crippen molar-refractivity contribution in [2.24, 2.45) is 0 Å². The Morgan fingerprint density at radius 1 is 1.10 bits per heavy atom. The average Bonchev–Trinajstić information content (AvgIpc) is 2.87. The van der Waals surface area contributed by atoms with Crippen molar-refractivity contribution in [3.8, 4) is 11.1 Å². The van der Waals surface area contributed by atoms with Crippen LogP contribution in [0.1, 0.15) is 45.1 Å². The first-order valence-corrected chi connectivity index (χ1v) is 10.7. The van der Waals surface area contributed by atoms with Gasteiger partial charge in [-0.1, -0.05) is 55.8 Å². The van der Waals surface area contributed by atoms with Crippen molar-refractivity contribution < 1.29 is 14.4 Å². The number of unbranched alkanes of at least 4 members (excludes halogenated alkanes) is 1. The molecule has 0 saturated carbocycles. The molecule has 0 aromatic heterocycles. The molecule has 0 fully saturated rings. The molecule has 7 heteroatoms. The molecule has 2 aromatic rings. The Morgan fingerprint density at radius 3 is 2.45 bits per heavy atom. The van der Waals surface area contributed by atoms with Crippen LogP contribution in [0.3, 0.4) is 0 Å². The smallest absolute Gasteiger partial charge is 0.317 e. The van der Waals surface area contributed by atoms with Gasteiger partial charge in [-0.25, -0.2) is 9.80 Å². The van der Waals surface area contributed by atoms with Crippen LogP contribution in [-0.4, -0.2) is 42.4 Å². The summed E-state index contributed by atoms with van der Waals surface area (Å²) in [5, 5.41) is 4.01. The number of nitrogens with zero attached hydrogens (tertiary/aromatic N) is 2. The lowest BCUT2D eigenvalue weighted by Crippen LogP contribution is -2.55. The fourth-order valence-corrected chi connectivity index (χ4v) is 3.64. The Morgan fingerprint density at radius 2 is 1.74 bits per heavy atom. The van der Waals surface area contributed by atoms with Crippen LogP contribution in [0.2, 0.25) is 0 Å². The summed E-state index contributed by atoms with van der Waals surface area (Å²) >= 11 is 0. The number of urea groups is 1. The van der Waals surface area contributed by atoms with Crippen molar-refractivity contribution in [3.05, 3.63) is 54.1 Å². The average molecular weight is 423 g/mol. The summed E-state index contributed by atoms with van der Waals surface area (Å²) in [7, 11) is 1.70. The number of para-hydroxylation sites is 1. The van der Waals surface area contributed by atoms with E-state index in [0.717, 1.165) is 29.5 Å². The van der Waals surface area contributed by atoms with E-state index in [9.17, 15) is 14.4 Å². The van der Waals surface area contributed by atoms with Crippen molar-refractivity contribution in [3.63, 3.8) is 0 Å². The van der Waals surface area contributed by atoms with Gasteiger partial charge in [-0.2, -0.15) is 0 Å². The van der Waals surface area contributed by atoms with E-state index < -0.39 is 17.9 Å². The molecule has 2 atom stereocenters. The van der Waals surface area contributed by atoms with Crippen molar-refractivity contribution in [2.45, 2.75) is 45.6 Å². The molecule has 1 aliphatic rings. The number of hydrazine groups is 1. The number of hydrogen-bond acceptors (Lipinski definition) is 3. The molecule has 0 spiro atoms. The summed E-state index contributed by atoms with van der Waals surface area (Å²) in [6.45, 7) is 6.11. The lowest BCUT2D eigenvalue weighted by molar-refractivity contribution is -0.127. The maximum absolute atomic E-state index is 13.3. The minimum atomic E-state index is -0.808. The zero-order valence-corrected chi connectivity index (χ0v) is 18.5. The predicted octanol–water partition coefficient (Wildman–Crippen LogP) is 3.66. The number of amides is 4. The number of nitrogens with one attached hydrogen (secondary N) is 2. The Kier molecular flexibility index (Phi) is 6.95. The minimum Gasteiger partial charge on any atom is -0.328 e. The van der Waals surface area contributed by atoms with Crippen LogP contribution >= 0.6 is 0 Å². The molecular formula is C24H30N4O3. The molecule has 1 unspecified atom stereocenters. The lowest BCUT2D eigenvalue weighted by atomic mass is 9.92. The fraction of sp³-hybridized carbons (Fsp3) is 0.375. The van der Waals surface area contributed by atoms with Gasteiger partial charge >= 0.3 is 6.03 Å². The highest BCUT2D eigenvalue weighted by Crippen LogP contribution is 2.39. The minimum absolute atomic E-state index is 0.232. The molecule has 2 aromatic carbocycles. The van der Waals surface area contributed by atoms with E-state index in [1.165, 1.54) is 5.01 Å². The van der Waals surface area contributed by atoms with E-state index in [0.29, 0.717) is 12.2 Å². The van der Waals surface area contributed by atoms with E-state index in [2.05, 4.69) is 17.7 Å². The first-order valence-electron chi connectivity index (χ1n) is 10.7. The molecule has 0 radical (unpaired) electrons. The maximum Gasteiger partial charge on any atom is 0.317 e. The van der Waals surface area contributed by atoms with E-state index in [4.69, 9.17) is 0 Å². The standard InChI is InChI=1S/C24H30N4O3/c1-5-6-15-27(4)24(31)25-17(3)22(29)26-28-21-14-10-9-13-20(21)19-12-8-7-11-18(19)16(2)23(28)30/h7-14,16-17H,5-6,15H2,1-4H3,(H,25,31)(H,26,29)/t16?,17-/m0/s1. The van der Waals surface area contributed by atoms with Gasteiger partial charge in [-0.3, -0.25) is 15.0 Å². The molecule has 164 valence electrons. The molecule has 1 heterocycles. The van der Waals surface area contributed by atoms with Crippen molar-refractivity contribution in [1.29, 1.82) is 0 Å². The molecule has 0 bridgehead atoms. The summed E-state index contributed by atoms with van der Waals surface area (Å²) in [6, 6.07) is 14.1. The molecular weight excluding hydrogens is 392 g/mol. The van der Waals surface area contributed by atoms with Crippen molar-refractivity contribution in [1.82, 2.24) is 15.6 Å². The van der Waals surface area contributed by atoms with Crippen LogP contribution in [0.15, 0.2) is 48.5 Å². The maximum atomic E-state index is 13.3. The molecule has 7 nitrogen and oxygen atoms in total. The molecule has 0 saturated heterocycles. The van der Waals surface area contributed by atoms with Crippen LogP contribution in [0.5, 0.6) is 0 Å². The lowest BCUT2D eigenvalue weighted by Gasteiger charge is -2.27. The number of carbonyl (C=O) groups is 3. The third-order valence-electron chi connectivity index (χ3n) is 5.60. The monoisotopic (exact) mass is 422 g/mol. The largest absolute Gasteiger partial charge is 0.328 e. The first kappa shape index (κ1) is 22.3. The predicted molar refractivity (Wildman–Crippen MR) is 121 cm³/mol. The van der Waals surface area contributed by atoms with Gasteiger partial charge in [0.15, 0.2) is 0 Å². The molecule has 0 aliphatic carbocycles. The van der Waals surface area contributed by atoms with Crippen LogP contribution in [-0.2, 0) is 9.59 Å². The number of hydrogen-bond donors (Lipinski definition) is 2. The third-order valence-corrected chi connectivity index (χ3v) is 5.60. The highest BCUT2D eigenvalue weighted by molar-refractivity contribution is 6.06. The second kappa shape index (κ2) is 9.64. The van der Waals surface area contributed by atoms with Gasteiger partial charge in [0.25, 0.3) is 11.8 Å². The Labute approximate surface area is 183 Å². The summed E-state index contributed by atoms with van der Waals surface area (Å²) < 4.78 is 0. The summed E-state index contributed by atoms with van der Waals surface area (Å²) in [5.74, 6) is -1.13. The SMILES string of the molecule is CCCCN(C)C(=O)N[C@@H](C)C(=O)NN1C(=O)C(C)c2ccccc2-c2ccccc21. The summed E-state index contributed by atoms with van der Waals surface area (Å²) in [5.41, 5.74) is 6.08. The third kappa shape index (κ3) is 4.71. The highest BCUT2D eigenvalue weighted by atomic mass is 16.2. The molecule has 31 heavy (non-hydrogen) atoms. The molecule has 3 rings (SSSR count).